The Balaban J connectivity index is 2.50. The lowest BCUT2D eigenvalue weighted by atomic mass is 9.90. The van der Waals surface area contributed by atoms with Gasteiger partial charge in [0.25, 0.3) is 5.91 Å². The highest BCUT2D eigenvalue weighted by molar-refractivity contribution is 6.01. The van der Waals surface area contributed by atoms with Gasteiger partial charge in [-0.2, -0.15) is 0 Å². The fraction of sp³-hybridized carbons (Fsp3) is 0.429. The van der Waals surface area contributed by atoms with E-state index in [9.17, 15) is 9.59 Å². The van der Waals surface area contributed by atoms with Crippen molar-refractivity contribution < 1.29 is 19.4 Å². The van der Waals surface area contributed by atoms with Crippen LogP contribution in [0.15, 0.2) is 6.07 Å². The SMILES string of the molecule is COc1cc(C)c(C)c2c1C(=O)N(CC(=O)O)CC2. The van der Waals surface area contributed by atoms with Crippen molar-refractivity contribution >= 4 is 11.9 Å². The van der Waals surface area contributed by atoms with Gasteiger partial charge in [0, 0.05) is 6.54 Å². The predicted molar refractivity (Wildman–Crippen MR) is 69.7 cm³/mol. The summed E-state index contributed by atoms with van der Waals surface area (Å²) in [5.74, 6) is -0.735. The monoisotopic (exact) mass is 263 g/mol. The maximum Gasteiger partial charge on any atom is 0.323 e. The number of hydrogen-bond acceptors (Lipinski definition) is 3. The average molecular weight is 263 g/mol. The molecule has 102 valence electrons. The number of rotatable bonds is 3. The second-order valence-corrected chi connectivity index (χ2v) is 4.74. The van der Waals surface area contributed by atoms with E-state index >= 15 is 0 Å². The molecule has 1 amide bonds. The van der Waals surface area contributed by atoms with Crippen molar-refractivity contribution in [1.82, 2.24) is 4.90 Å². The van der Waals surface area contributed by atoms with Gasteiger partial charge < -0.3 is 14.7 Å². The van der Waals surface area contributed by atoms with Crippen LogP contribution in [-0.4, -0.2) is 42.1 Å². The van der Waals surface area contributed by atoms with Crippen LogP contribution in [0.2, 0.25) is 0 Å². The minimum atomic E-state index is -1.00. The first-order valence-electron chi connectivity index (χ1n) is 6.13. The van der Waals surface area contributed by atoms with Gasteiger partial charge in [-0.15, -0.1) is 0 Å². The number of hydrogen-bond donors (Lipinski definition) is 1. The highest BCUT2D eigenvalue weighted by atomic mass is 16.5. The highest BCUT2D eigenvalue weighted by Crippen LogP contribution is 2.32. The van der Waals surface area contributed by atoms with E-state index in [0.29, 0.717) is 24.3 Å². The number of methoxy groups -OCH3 is 1. The Morgan fingerprint density at radius 1 is 1.47 bits per heavy atom. The summed E-state index contributed by atoms with van der Waals surface area (Å²) in [5.41, 5.74) is 3.65. The first-order chi connectivity index (χ1) is 8.95. The van der Waals surface area contributed by atoms with Gasteiger partial charge in [-0.25, -0.2) is 0 Å². The highest BCUT2D eigenvalue weighted by Gasteiger charge is 2.30. The Kier molecular flexibility index (Phi) is 3.46. The first-order valence-corrected chi connectivity index (χ1v) is 6.13. The van der Waals surface area contributed by atoms with Crippen LogP contribution < -0.4 is 4.74 Å². The van der Waals surface area contributed by atoms with E-state index in [2.05, 4.69) is 0 Å². The number of aryl methyl sites for hydroxylation is 1. The molecule has 0 fully saturated rings. The third-order valence-electron chi connectivity index (χ3n) is 3.62. The number of fused-ring (bicyclic) bond motifs is 1. The Morgan fingerprint density at radius 3 is 2.74 bits per heavy atom. The Hall–Kier alpha value is -2.04. The number of ether oxygens (including phenoxy) is 1. The van der Waals surface area contributed by atoms with Gasteiger partial charge >= 0.3 is 5.97 Å². The number of amides is 1. The third kappa shape index (κ3) is 2.28. The van der Waals surface area contributed by atoms with Gasteiger partial charge in [-0.1, -0.05) is 0 Å². The minimum Gasteiger partial charge on any atom is -0.496 e. The summed E-state index contributed by atoms with van der Waals surface area (Å²) in [6.07, 6.45) is 0.665. The normalized spacial score (nSPS) is 14.3. The number of carbonyl (C=O) groups excluding carboxylic acids is 1. The van der Waals surface area contributed by atoms with Crippen molar-refractivity contribution in [3.63, 3.8) is 0 Å². The summed E-state index contributed by atoms with van der Waals surface area (Å²) in [6, 6.07) is 1.83. The van der Waals surface area contributed by atoms with Crippen LogP contribution in [0.3, 0.4) is 0 Å². The van der Waals surface area contributed by atoms with Crippen LogP contribution in [0.5, 0.6) is 5.75 Å². The van der Waals surface area contributed by atoms with E-state index in [-0.39, 0.29) is 12.5 Å². The standard InChI is InChI=1S/C14H17NO4/c1-8-6-11(19-3)13-10(9(8)2)4-5-15(14(13)18)7-12(16)17/h6H,4-5,7H2,1-3H3,(H,16,17). The molecule has 19 heavy (non-hydrogen) atoms. The molecule has 2 rings (SSSR count). The minimum absolute atomic E-state index is 0.261. The average Bonchev–Trinajstić information content (AvgIpc) is 2.36. The molecule has 1 aromatic rings. The number of carboxylic acid groups (broad SMARTS) is 1. The van der Waals surface area contributed by atoms with Crippen molar-refractivity contribution in [2.24, 2.45) is 0 Å². The molecule has 0 saturated heterocycles. The lowest BCUT2D eigenvalue weighted by Crippen LogP contribution is -2.41. The van der Waals surface area contributed by atoms with Gasteiger partial charge in [-0.3, -0.25) is 9.59 Å². The fourth-order valence-corrected chi connectivity index (χ4v) is 2.48. The molecule has 5 nitrogen and oxygen atoms in total. The smallest absolute Gasteiger partial charge is 0.323 e. The van der Waals surface area contributed by atoms with E-state index in [1.165, 1.54) is 12.0 Å². The largest absolute Gasteiger partial charge is 0.496 e. The lowest BCUT2D eigenvalue weighted by molar-refractivity contribution is -0.137. The third-order valence-corrected chi connectivity index (χ3v) is 3.62. The number of nitrogens with zero attached hydrogens (tertiary/aromatic N) is 1. The van der Waals surface area contributed by atoms with Crippen LogP contribution in [0, 0.1) is 13.8 Å². The Labute approximate surface area is 111 Å². The van der Waals surface area contributed by atoms with Crippen LogP contribution in [0.25, 0.3) is 0 Å². The number of benzene rings is 1. The van der Waals surface area contributed by atoms with Gasteiger partial charge in [0.2, 0.25) is 0 Å². The van der Waals surface area contributed by atoms with E-state index in [1.54, 1.807) is 0 Å². The quantitative estimate of drug-likeness (QED) is 0.895. The summed E-state index contributed by atoms with van der Waals surface area (Å²) in [5, 5.41) is 8.83. The molecule has 1 N–H and O–H groups in total. The van der Waals surface area contributed by atoms with E-state index in [4.69, 9.17) is 9.84 Å². The van der Waals surface area contributed by atoms with Gasteiger partial charge in [-0.05, 0) is 43.0 Å². The number of carbonyl (C=O) groups is 2. The molecule has 1 aromatic carbocycles. The molecule has 1 aliphatic heterocycles. The Morgan fingerprint density at radius 2 is 2.16 bits per heavy atom. The molecule has 0 aromatic heterocycles. The maximum absolute atomic E-state index is 12.4. The van der Waals surface area contributed by atoms with Crippen molar-refractivity contribution in [2.75, 3.05) is 20.2 Å². The summed E-state index contributed by atoms with van der Waals surface area (Å²) < 4.78 is 5.28. The molecular formula is C14H17NO4. The first kappa shape index (κ1) is 13.4. The van der Waals surface area contributed by atoms with Crippen molar-refractivity contribution in [3.05, 3.63) is 28.3 Å². The zero-order chi connectivity index (χ0) is 14.2. The molecule has 0 aliphatic carbocycles. The zero-order valence-corrected chi connectivity index (χ0v) is 11.3. The lowest BCUT2D eigenvalue weighted by Gasteiger charge is -2.30. The van der Waals surface area contributed by atoms with Crippen molar-refractivity contribution in [3.8, 4) is 5.75 Å². The molecule has 1 heterocycles. The van der Waals surface area contributed by atoms with Crippen LogP contribution in [-0.2, 0) is 11.2 Å². The number of carboxylic acids is 1. The van der Waals surface area contributed by atoms with E-state index < -0.39 is 5.97 Å². The van der Waals surface area contributed by atoms with Crippen LogP contribution in [0.1, 0.15) is 27.0 Å². The zero-order valence-electron chi connectivity index (χ0n) is 11.3. The molecule has 0 atom stereocenters. The van der Waals surface area contributed by atoms with Gasteiger partial charge in [0.15, 0.2) is 0 Å². The summed E-state index contributed by atoms with van der Waals surface area (Å²) in [7, 11) is 1.52. The second kappa shape index (κ2) is 4.91. The molecule has 1 aliphatic rings. The second-order valence-electron chi connectivity index (χ2n) is 4.74. The predicted octanol–water partition coefficient (Wildman–Crippen LogP) is 1.39. The fourth-order valence-electron chi connectivity index (χ4n) is 2.48. The molecule has 0 bridgehead atoms. The molecule has 0 unspecified atom stereocenters. The molecule has 5 heteroatoms. The number of aliphatic carboxylic acids is 1. The summed E-state index contributed by atoms with van der Waals surface area (Å²) in [6.45, 7) is 4.12. The molecule has 0 spiro atoms. The van der Waals surface area contributed by atoms with Crippen LogP contribution >= 0.6 is 0 Å². The van der Waals surface area contributed by atoms with Crippen molar-refractivity contribution in [1.29, 1.82) is 0 Å². The Bertz CT molecular complexity index is 551. The molecular weight excluding hydrogens is 246 g/mol. The van der Waals surface area contributed by atoms with E-state index in [0.717, 1.165) is 16.7 Å². The van der Waals surface area contributed by atoms with Crippen molar-refractivity contribution in [2.45, 2.75) is 20.3 Å². The summed E-state index contributed by atoms with van der Waals surface area (Å²) >= 11 is 0. The van der Waals surface area contributed by atoms with Gasteiger partial charge in [0.1, 0.15) is 12.3 Å². The van der Waals surface area contributed by atoms with Crippen LogP contribution in [0.4, 0.5) is 0 Å². The molecule has 0 radical (unpaired) electrons. The topological polar surface area (TPSA) is 66.8 Å². The maximum atomic E-state index is 12.4. The van der Waals surface area contributed by atoms with E-state index in [1.807, 2.05) is 19.9 Å². The molecule has 0 saturated carbocycles. The summed E-state index contributed by atoms with van der Waals surface area (Å²) in [4.78, 5) is 24.5. The van der Waals surface area contributed by atoms with Gasteiger partial charge in [0.05, 0.1) is 12.7 Å².